The van der Waals surface area contributed by atoms with Crippen LogP contribution in [0.5, 0.6) is 5.75 Å². The van der Waals surface area contributed by atoms with Crippen molar-refractivity contribution in [2.24, 2.45) is 5.92 Å². The van der Waals surface area contributed by atoms with Gasteiger partial charge in [0.1, 0.15) is 10.6 Å². The molecule has 0 saturated heterocycles. The van der Waals surface area contributed by atoms with Crippen molar-refractivity contribution in [2.45, 2.75) is 31.7 Å². The van der Waals surface area contributed by atoms with Gasteiger partial charge in [0, 0.05) is 11.1 Å². The number of nitrogens with one attached hydrogen (secondary N) is 1. The van der Waals surface area contributed by atoms with Gasteiger partial charge >= 0.3 is 0 Å². The zero-order valence-electron chi connectivity index (χ0n) is 10.9. The fraction of sp³-hybridized carbons (Fsp3) is 0.500. The minimum Gasteiger partial charge on any atom is -0.495 e. The average Bonchev–Trinajstić information content (AvgIpc) is 2.28. The first kappa shape index (κ1) is 15.3. The molecule has 0 amide bonds. The zero-order valence-corrected chi connectivity index (χ0v) is 12.5. The summed E-state index contributed by atoms with van der Waals surface area (Å²) in [7, 11) is -2.20. The highest BCUT2D eigenvalue weighted by Gasteiger charge is 2.23. The Morgan fingerprint density at radius 1 is 1.28 bits per heavy atom. The predicted octanol–water partition coefficient (Wildman–Crippen LogP) is 2.67. The van der Waals surface area contributed by atoms with E-state index in [4.69, 9.17) is 16.3 Å². The molecule has 0 spiro atoms. The molecule has 0 saturated carbocycles. The van der Waals surface area contributed by atoms with Crippen molar-refractivity contribution in [3.63, 3.8) is 0 Å². The van der Waals surface area contributed by atoms with Crippen LogP contribution in [0.2, 0.25) is 5.02 Å². The summed E-state index contributed by atoms with van der Waals surface area (Å²) in [6.45, 7) is 5.71. The van der Waals surface area contributed by atoms with Crippen LogP contribution < -0.4 is 9.46 Å². The van der Waals surface area contributed by atoms with E-state index in [0.717, 1.165) is 0 Å². The van der Waals surface area contributed by atoms with Gasteiger partial charge in [0.25, 0.3) is 0 Å². The number of benzene rings is 1. The van der Waals surface area contributed by atoms with Gasteiger partial charge in [-0.05, 0) is 31.0 Å². The van der Waals surface area contributed by atoms with Gasteiger partial charge in [-0.15, -0.1) is 0 Å². The quantitative estimate of drug-likeness (QED) is 0.907. The summed E-state index contributed by atoms with van der Waals surface area (Å²) in [5.74, 6) is 0.479. The first-order valence-electron chi connectivity index (χ1n) is 5.64. The summed E-state index contributed by atoms with van der Waals surface area (Å²) >= 11 is 5.83. The van der Waals surface area contributed by atoms with Gasteiger partial charge < -0.3 is 4.74 Å². The minimum absolute atomic E-state index is 0.0602. The maximum absolute atomic E-state index is 12.2. The monoisotopic (exact) mass is 291 g/mol. The SMILES string of the molecule is COc1ccc(Cl)cc1S(=O)(=O)N[C@@H](C)C(C)C. The van der Waals surface area contributed by atoms with Crippen LogP contribution in [0.1, 0.15) is 20.8 Å². The predicted molar refractivity (Wildman–Crippen MR) is 72.6 cm³/mol. The molecule has 6 heteroatoms. The summed E-state index contributed by atoms with van der Waals surface area (Å²) < 4.78 is 32.1. The molecule has 1 aromatic rings. The lowest BCUT2D eigenvalue weighted by molar-refractivity contribution is 0.401. The standard InChI is InChI=1S/C12H18ClNO3S/c1-8(2)9(3)14-18(15,16)12-7-10(13)5-6-11(12)17-4/h5-9,14H,1-4H3/t9-/m0/s1. The van der Waals surface area contributed by atoms with E-state index in [1.807, 2.05) is 20.8 Å². The van der Waals surface area contributed by atoms with E-state index in [-0.39, 0.29) is 22.6 Å². The van der Waals surface area contributed by atoms with E-state index in [1.54, 1.807) is 6.07 Å². The Morgan fingerprint density at radius 2 is 1.89 bits per heavy atom. The van der Waals surface area contributed by atoms with Crippen LogP contribution >= 0.6 is 11.6 Å². The number of hydrogen-bond acceptors (Lipinski definition) is 3. The third-order valence-corrected chi connectivity index (χ3v) is 4.57. The first-order chi connectivity index (χ1) is 8.27. The summed E-state index contributed by atoms with van der Waals surface area (Å²) in [4.78, 5) is 0.0602. The molecule has 102 valence electrons. The van der Waals surface area contributed by atoms with E-state index < -0.39 is 10.0 Å². The topological polar surface area (TPSA) is 55.4 Å². The highest BCUT2D eigenvalue weighted by molar-refractivity contribution is 7.89. The molecule has 4 nitrogen and oxygen atoms in total. The average molecular weight is 292 g/mol. The summed E-state index contributed by atoms with van der Waals surface area (Å²) in [5, 5.41) is 0.355. The molecule has 0 aliphatic carbocycles. The third-order valence-electron chi connectivity index (χ3n) is 2.76. The van der Waals surface area contributed by atoms with Gasteiger partial charge in [-0.1, -0.05) is 25.4 Å². The molecule has 0 bridgehead atoms. The Morgan fingerprint density at radius 3 is 2.39 bits per heavy atom. The zero-order chi connectivity index (χ0) is 13.9. The molecule has 1 aromatic carbocycles. The van der Waals surface area contributed by atoms with Crippen molar-refractivity contribution < 1.29 is 13.2 Å². The lowest BCUT2D eigenvalue weighted by Gasteiger charge is -2.18. The molecule has 0 aliphatic heterocycles. The van der Waals surface area contributed by atoms with Gasteiger partial charge in [0.05, 0.1) is 7.11 Å². The summed E-state index contributed by atoms with van der Waals surface area (Å²) in [5.41, 5.74) is 0. The highest BCUT2D eigenvalue weighted by atomic mass is 35.5. The largest absolute Gasteiger partial charge is 0.495 e. The molecule has 0 fully saturated rings. The lowest BCUT2D eigenvalue weighted by Crippen LogP contribution is -2.36. The van der Waals surface area contributed by atoms with Gasteiger partial charge in [0.2, 0.25) is 10.0 Å². The van der Waals surface area contributed by atoms with E-state index in [2.05, 4.69) is 4.72 Å². The summed E-state index contributed by atoms with van der Waals surface area (Å²) in [6.07, 6.45) is 0. The highest BCUT2D eigenvalue weighted by Crippen LogP contribution is 2.27. The normalized spacial score (nSPS) is 13.7. The van der Waals surface area contributed by atoms with Gasteiger partial charge in [-0.3, -0.25) is 0 Å². The van der Waals surface area contributed by atoms with Crippen molar-refractivity contribution in [3.05, 3.63) is 23.2 Å². The van der Waals surface area contributed by atoms with Crippen molar-refractivity contribution in [2.75, 3.05) is 7.11 Å². The van der Waals surface area contributed by atoms with E-state index >= 15 is 0 Å². The van der Waals surface area contributed by atoms with Crippen molar-refractivity contribution in [1.29, 1.82) is 0 Å². The molecule has 0 aliphatic rings. The van der Waals surface area contributed by atoms with E-state index in [1.165, 1.54) is 19.2 Å². The van der Waals surface area contributed by atoms with Crippen LogP contribution in [0, 0.1) is 5.92 Å². The second-order valence-electron chi connectivity index (χ2n) is 4.45. The van der Waals surface area contributed by atoms with E-state index in [9.17, 15) is 8.42 Å². The number of sulfonamides is 1. The molecular weight excluding hydrogens is 274 g/mol. The Labute approximate surface area is 113 Å². The Bertz CT molecular complexity index is 514. The van der Waals surface area contributed by atoms with Gasteiger partial charge in [0.15, 0.2) is 0 Å². The molecule has 0 aromatic heterocycles. The van der Waals surface area contributed by atoms with Crippen LogP contribution in [0.4, 0.5) is 0 Å². The van der Waals surface area contributed by atoms with Crippen molar-refractivity contribution in [1.82, 2.24) is 4.72 Å². The maximum Gasteiger partial charge on any atom is 0.244 e. The maximum atomic E-state index is 12.2. The van der Waals surface area contributed by atoms with Gasteiger partial charge in [-0.2, -0.15) is 0 Å². The molecule has 0 radical (unpaired) electrons. The van der Waals surface area contributed by atoms with Crippen LogP contribution in [0.25, 0.3) is 0 Å². The fourth-order valence-corrected chi connectivity index (χ4v) is 3.13. The molecule has 1 N–H and O–H groups in total. The molecule has 0 heterocycles. The van der Waals surface area contributed by atoms with Crippen molar-refractivity contribution in [3.8, 4) is 5.75 Å². The lowest BCUT2D eigenvalue weighted by atomic mass is 10.1. The van der Waals surface area contributed by atoms with Crippen LogP contribution in [0.3, 0.4) is 0 Å². The van der Waals surface area contributed by atoms with E-state index in [0.29, 0.717) is 5.02 Å². The Hall–Kier alpha value is -0.780. The molecule has 18 heavy (non-hydrogen) atoms. The van der Waals surface area contributed by atoms with Crippen LogP contribution in [-0.2, 0) is 10.0 Å². The number of halogens is 1. The Kier molecular flexibility index (Phi) is 5.01. The number of rotatable bonds is 5. The second-order valence-corrected chi connectivity index (χ2v) is 6.57. The number of methoxy groups -OCH3 is 1. The molecular formula is C12H18ClNO3S. The van der Waals surface area contributed by atoms with Crippen LogP contribution in [-0.4, -0.2) is 21.6 Å². The Balaban J connectivity index is 3.15. The molecule has 1 rings (SSSR count). The number of hydrogen-bond donors (Lipinski definition) is 1. The molecule has 1 atom stereocenters. The third kappa shape index (κ3) is 3.60. The van der Waals surface area contributed by atoms with Crippen LogP contribution in [0.15, 0.2) is 23.1 Å². The second kappa shape index (κ2) is 5.91. The summed E-state index contributed by atoms with van der Waals surface area (Å²) in [6, 6.07) is 4.34. The number of ether oxygens (including phenoxy) is 1. The smallest absolute Gasteiger partial charge is 0.244 e. The van der Waals surface area contributed by atoms with Gasteiger partial charge in [-0.25, -0.2) is 13.1 Å². The molecule has 0 unspecified atom stereocenters. The first-order valence-corrected chi connectivity index (χ1v) is 7.50. The fourth-order valence-electron chi connectivity index (χ4n) is 1.30. The van der Waals surface area contributed by atoms with Crippen molar-refractivity contribution >= 4 is 21.6 Å². The minimum atomic E-state index is -3.63.